The van der Waals surface area contributed by atoms with Gasteiger partial charge in [-0.25, -0.2) is 0 Å². The van der Waals surface area contributed by atoms with Crippen LogP contribution in [0.3, 0.4) is 0 Å². The van der Waals surface area contributed by atoms with Crippen LogP contribution < -0.4 is 11.1 Å². The number of carbonyl (C=O) groups excluding carboxylic acids is 1. The van der Waals surface area contributed by atoms with E-state index in [1.54, 1.807) is 0 Å². The SMILES string of the molecule is NC1(Cc2ccc(C(=O)NC3CCCCC3)cc2)CC1. The van der Waals surface area contributed by atoms with Gasteiger partial charge in [0.25, 0.3) is 5.91 Å². The van der Waals surface area contributed by atoms with Crippen molar-refractivity contribution in [3.8, 4) is 0 Å². The lowest BCUT2D eigenvalue weighted by atomic mass is 9.95. The maximum Gasteiger partial charge on any atom is 0.251 e. The predicted molar refractivity (Wildman–Crippen MR) is 80.6 cm³/mol. The van der Waals surface area contributed by atoms with Crippen molar-refractivity contribution in [1.82, 2.24) is 5.32 Å². The molecule has 0 aliphatic heterocycles. The summed E-state index contributed by atoms with van der Waals surface area (Å²) < 4.78 is 0. The summed E-state index contributed by atoms with van der Waals surface area (Å²) in [6, 6.07) is 8.32. The Labute approximate surface area is 120 Å². The van der Waals surface area contributed by atoms with Crippen LogP contribution in [0.25, 0.3) is 0 Å². The van der Waals surface area contributed by atoms with E-state index in [9.17, 15) is 4.79 Å². The average Bonchev–Trinajstić information content (AvgIpc) is 3.18. The van der Waals surface area contributed by atoms with E-state index in [0.29, 0.717) is 6.04 Å². The van der Waals surface area contributed by atoms with Gasteiger partial charge < -0.3 is 11.1 Å². The fourth-order valence-electron chi connectivity index (χ4n) is 3.03. The van der Waals surface area contributed by atoms with Crippen molar-refractivity contribution in [2.45, 2.75) is 62.9 Å². The molecule has 1 amide bonds. The molecule has 0 radical (unpaired) electrons. The van der Waals surface area contributed by atoms with Gasteiger partial charge in [0, 0.05) is 17.1 Å². The van der Waals surface area contributed by atoms with E-state index in [-0.39, 0.29) is 11.4 Å². The van der Waals surface area contributed by atoms with Gasteiger partial charge in [-0.15, -0.1) is 0 Å². The Morgan fingerprint density at radius 2 is 1.80 bits per heavy atom. The van der Waals surface area contributed by atoms with Gasteiger partial charge in [-0.05, 0) is 49.8 Å². The first-order chi connectivity index (χ1) is 9.65. The molecule has 2 aliphatic rings. The highest BCUT2D eigenvalue weighted by atomic mass is 16.1. The standard InChI is InChI=1S/C17H24N2O/c18-17(10-11-17)12-13-6-8-14(9-7-13)16(20)19-15-4-2-1-3-5-15/h6-9,15H,1-5,10-12,18H2,(H,19,20). The predicted octanol–water partition coefficient (Wildman–Crippen LogP) is 2.78. The summed E-state index contributed by atoms with van der Waals surface area (Å²) in [6.45, 7) is 0. The average molecular weight is 272 g/mol. The first-order valence-corrected chi connectivity index (χ1v) is 7.83. The van der Waals surface area contributed by atoms with Gasteiger partial charge in [0.15, 0.2) is 0 Å². The molecule has 20 heavy (non-hydrogen) atoms. The van der Waals surface area contributed by atoms with Crippen LogP contribution in [0.5, 0.6) is 0 Å². The lowest BCUT2D eigenvalue weighted by Crippen LogP contribution is -2.36. The Balaban J connectivity index is 1.57. The zero-order valence-electron chi connectivity index (χ0n) is 12.0. The van der Waals surface area contributed by atoms with Crippen LogP contribution in [-0.2, 0) is 6.42 Å². The van der Waals surface area contributed by atoms with Crippen molar-refractivity contribution in [3.63, 3.8) is 0 Å². The van der Waals surface area contributed by atoms with E-state index >= 15 is 0 Å². The van der Waals surface area contributed by atoms with Crippen molar-refractivity contribution < 1.29 is 4.79 Å². The quantitative estimate of drug-likeness (QED) is 0.885. The maximum absolute atomic E-state index is 12.2. The van der Waals surface area contributed by atoms with E-state index in [1.165, 1.54) is 24.8 Å². The van der Waals surface area contributed by atoms with Gasteiger partial charge in [0.2, 0.25) is 0 Å². The fraction of sp³-hybridized carbons (Fsp3) is 0.588. The molecule has 3 nitrogen and oxygen atoms in total. The highest BCUT2D eigenvalue weighted by Crippen LogP contribution is 2.35. The summed E-state index contributed by atoms with van der Waals surface area (Å²) in [4.78, 5) is 12.2. The van der Waals surface area contributed by atoms with Gasteiger partial charge in [-0.2, -0.15) is 0 Å². The molecule has 0 spiro atoms. The number of amides is 1. The Bertz CT molecular complexity index is 470. The van der Waals surface area contributed by atoms with Gasteiger partial charge in [0.1, 0.15) is 0 Å². The molecule has 0 heterocycles. The minimum Gasteiger partial charge on any atom is -0.349 e. The number of nitrogens with two attached hydrogens (primary N) is 1. The summed E-state index contributed by atoms with van der Waals surface area (Å²) in [5, 5.41) is 3.15. The summed E-state index contributed by atoms with van der Waals surface area (Å²) >= 11 is 0. The molecule has 1 aromatic carbocycles. The molecule has 2 fully saturated rings. The Morgan fingerprint density at radius 1 is 1.15 bits per heavy atom. The number of hydrogen-bond acceptors (Lipinski definition) is 2. The summed E-state index contributed by atoms with van der Waals surface area (Å²) in [5.74, 6) is 0.0670. The van der Waals surface area contributed by atoms with E-state index in [4.69, 9.17) is 5.73 Å². The zero-order valence-corrected chi connectivity index (χ0v) is 12.0. The largest absolute Gasteiger partial charge is 0.349 e. The Morgan fingerprint density at radius 3 is 2.40 bits per heavy atom. The molecule has 3 rings (SSSR count). The van der Waals surface area contributed by atoms with E-state index in [2.05, 4.69) is 5.32 Å². The second kappa shape index (κ2) is 5.57. The smallest absolute Gasteiger partial charge is 0.251 e. The van der Waals surface area contributed by atoms with Gasteiger partial charge >= 0.3 is 0 Å². The van der Waals surface area contributed by atoms with Crippen LogP contribution in [0.2, 0.25) is 0 Å². The second-order valence-electron chi connectivity index (χ2n) is 6.54. The lowest BCUT2D eigenvalue weighted by Gasteiger charge is -2.22. The summed E-state index contributed by atoms with van der Waals surface area (Å²) in [6.07, 6.45) is 9.21. The number of rotatable bonds is 4. The molecular formula is C17H24N2O. The third-order valence-electron chi connectivity index (χ3n) is 4.60. The monoisotopic (exact) mass is 272 g/mol. The number of nitrogens with one attached hydrogen (secondary N) is 1. The molecule has 3 heteroatoms. The van der Waals surface area contributed by atoms with Crippen molar-refractivity contribution in [2.75, 3.05) is 0 Å². The molecule has 0 saturated heterocycles. The highest BCUT2D eigenvalue weighted by molar-refractivity contribution is 5.94. The highest BCUT2D eigenvalue weighted by Gasteiger charge is 2.37. The second-order valence-corrected chi connectivity index (χ2v) is 6.54. The van der Waals surface area contributed by atoms with Crippen LogP contribution in [0.15, 0.2) is 24.3 Å². The van der Waals surface area contributed by atoms with E-state index in [1.807, 2.05) is 24.3 Å². The number of carbonyl (C=O) groups is 1. The van der Waals surface area contributed by atoms with Gasteiger partial charge in [0.05, 0.1) is 0 Å². The molecule has 3 N–H and O–H groups in total. The fourth-order valence-corrected chi connectivity index (χ4v) is 3.03. The molecule has 2 saturated carbocycles. The van der Waals surface area contributed by atoms with Crippen LogP contribution in [-0.4, -0.2) is 17.5 Å². The molecule has 1 aromatic rings. The summed E-state index contributed by atoms with van der Waals surface area (Å²) in [5.41, 5.74) is 8.15. The lowest BCUT2D eigenvalue weighted by molar-refractivity contribution is 0.0927. The molecule has 108 valence electrons. The first kappa shape index (κ1) is 13.6. The van der Waals surface area contributed by atoms with Crippen LogP contribution >= 0.6 is 0 Å². The number of benzene rings is 1. The topological polar surface area (TPSA) is 55.1 Å². The zero-order chi connectivity index (χ0) is 14.0. The van der Waals surface area contributed by atoms with Crippen molar-refractivity contribution in [3.05, 3.63) is 35.4 Å². The molecule has 0 aromatic heterocycles. The third-order valence-corrected chi connectivity index (χ3v) is 4.60. The summed E-state index contributed by atoms with van der Waals surface area (Å²) in [7, 11) is 0. The minimum absolute atomic E-state index is 0.0336. The van der Waals surface area contributed by atoms with E-state index in [0.717, 1.165) is 37.7 Å². The first-order valence-electron chi connectivity index (χ1n) is 7.83. The van der Waals surface area contributed by atoms with Crippen molar-refractivity contribution in [2.24, 2.45) is 5.73 Å². The number of hydrogen-bond donors (Lipinski definition) is 2. The Kier molecular flexibility index (Phi) is 3.79. The minimum atomic E-state index is 0.0336. The molecule has 0 bridgehead atoms. The molecule has 0 atom stereocenters. The van der Waals surface area contributed by atoms with Crippen molar-refractivity contribution in [1.29, 1.82) is 0 Å². The van der Waals surface area contributed by atoms with Crippen LogP contribution in [0.4, 0.5) is 0 Å². The van der Waals surface area contributed by atoms with Crippen LogP contribution in [0.1, 0.15) is 60.9 Å². The van der Waals surface area contributed by atoms with Gasteiger partial charge in [-0.1, -0.05) is 31.4 Å². The molecule has 2 aliphatic carbocycles. The third kappa shape index (κ3) is 3.40. The van der Waals surface area contributed by atoms with E-state index < -0.39 is 0 Å². The van der Waals surface area contributed by atoms with Crippen molar-refractivity contribution >= 4 is 5.91 Å². The molecule has 0 unspecified atom stereocenters. The Hall–Kier alpha value is -1.35. The normalized spacial score (nSPS) is 21.4. The van der Waals surface area contributed by atoms with Gasteiger partial charge in [-0.3, -0.25) is 4.79 Å². The van der Waals surface area contributed by atoms with Crippen LogP contribution in [0, 0.1) is 0 Å². The molecular weight excluding hydrogens is 248 g/mol. The maximum atomic E-state index is 12.2.